The quantitative estimate of drug-likeness (QED) is 0.297. The number of nitrogens with zero attached hydrogens (tertiary/aromatic N) is 1. The predicted molar refractivity (Wildman–Crippen MR) is 109 cm³/mol. The van der Waals surface area contributed by atoms with Crippen LogP contribution in [0.4, 0.5) is 0 Å². The average molecular weight is 445 g/mol. The van der Waals surface area contributed by atoms with Gasteiger partial charge in [0.05, 0.1) is 6.54 Å². The van der Waals surface area contributed by atoms with Gasteiger partial charge in [-0.1, -0.05) is 23.8 Å². The Labute approximate surface area is 159 Å². The minimum absolute atomic E-state index is 0. The zero-order chi connectivity index (χ0) is 15.6. The molecule has 126 valence electrons. The van der Waals surface area contributed by atoms with E-state index < -0.39 is 0 Å². The van der Waals surface area contributed by atoms with Gasteiger partial charge in [0.1, 0.15) is 12.4 Å². The van der Waals surface area contributed by atoms with Crippen molar-refractivity contribution in [3.05, 3.63) is 52.2 Å². The summed E-state index contributed by atoms with van der Waals surface area (Å²) in [5.74, 6) is 1.71. The van der Waals surface area contributed by atoms with Crippen molar-refractivity contribution in [1.29, 1.82) is 0 Å². The van der Waals surface area contributed by atoms with E-state index in [0.29, 0.717) is 13.2 Å². The lowest BCUT2D eigenvalue weighted by Crippen LogP contribution is -2.40. The van der Waals surface area contributed by atoms with E-state index in [1.165, 1.54) is 10.4 Å². The van der Waals surface area contributed by atoms with Crippen LogP contribution in [0.15, 0.2) is 46.8 Å². The van der Waals surface area contributed by atoms with Gasteiger partial charge < -0.3 is 15.4 Å². The van der Waals surface area contributed by atoms with E-state index in [1.54, 1.807) is 18.4 Å². The summed E-state index contributed by atoms with van der Waals surface area (Å²) in [7, 11) is 1.78. The molecule has 4 nitrogen and oxygen atoms in total. The highest BCUT2D eigenvalue weighted by Crippen LogP contribution is 2.10. The molecule has 1 aromatic carbocycles. The molecule has 1 aromatic heterocycles. The number of ether oxygens (including phenoxy) is 1. The van der Waals surface area contributed by atoms with Crippen molar-refractivity contribution in [2.24, 2.45) is 4.99 Å². The first kappa shape index (κ1) is 19.8. The first-order valence-corrected chi connectivity index (χ1v) is 8.32. The highest BCUT2D eigenvalue weighted by molar-refractivity contribution is 14.0. The highest BCUT2D eigenvalue weighted by atomic mass is 127. The van der Waals surface area contributed by atoms with Crippen molar-refractivity contribution in [3.63, 3.8) is 0 Å². The summed E-state index contributed by atoms with van der Waals surface area (Å²) in [5.41, 5.74) is 1.24. The van der Waals surface area contributed by atoms with Gasteiger partial charge in [-0.3, -0.25) is 4.99 Å². The minimum Gasteiger partial charge on any atom is -0.492 e. The lowest BCUT2D eigenvalue weighted by Gasteiger charge is -2.12. The van der Waals surface area contributed by atoms with Crippen LogP contribution in [-0.4, -0.2) is 32.7 Å². The molecule has 0 unspecified atom stereocenters. The SMILES string of the molecule is CN=C(NCCOc1ccc(C)cc1)NCCc1cccs1.I. The van der Waals surface area contributed by atoms with Gasteiger partial charge in [0.2, 0.25) is 0 Å². The molecule has 0 aliphatic rings. The van der Waals surface area contributed by atoms with Gasteiger partial charge in [-0.2, -0.15) is 0 Å². The van der Waals surface area contributed by atoms with E-state index in [9.17, 15) is 0 Å². The van der Waals surface area contributed by atoms with Gasteiger partial charge in [-0.25, -0.2) is 0 Å². The van der Waals surface area contributed by atoms with Gasteiger partial charge in [0.25, 0.3) is 0 Å². The number of halogens is 1. The van der Waals surface area contributed by atoms with E-state index >= 15 is 0 Å². The van der Waals surface area contributed by atoms with Crippen LogP contribution < -0.4 is 15.4 Å². The van der Waals surface area contributed by atoms with E-state index in [-0.39, 0.29) is 24.0 Å². The van der Waals surface area contributed by atoms with Crippen LogP contribution in [0.5, 0.6) is 5.75 Å². The van der Waals surface area contributed by atoms with E-state index in [1.807, 2.05) is 24.3 Å². The fourth-order valence-corrected chi connectivity index (χ4v) is 2.66. The molecule has 1 heterocycles. The second-order valence-electron chi connectivity index (χ2n) is 4.92. The fourth-order valence-electron chi connectivity index (χ4n) is 1.95. The first-order valence-electron chi connectivity index (χ1n) is 7.44. The predicted octanol–water partition coefficient (Wildman–Crippen LogP) is 3.46. The summed E-state index contributed by atoms with van der Waals surface area (Å²) in [6.07, 6.45) is 1.01. The molecule has 0 bridgehead atoms. The van der Waals surface area contributed by atoms with Gasteiger partial charge >= 0.3 is 0 Å². The number of hydrogen-bond donors (Lipinski definition) is 2. The third-order valence-corrected chi connectivity index (χ3v) is 4.09. The molecule has 0 saturated carbocycles. The second kappa shape index (κ2) is 11.3. The molecule has 2 N–H and O–H groups in total. The number of rotatable bonds is 7. The molecular formula is C17H24IN3OS. The largest absolute Gasteiger partial charge is 0.492 e. The third kappa shape index (κ3) is 7.69. The Kier molecular flexibility index (Phi) is 9.70. The molecule has 0 fully saturated rings. The zero-order valence-corrected chi connectivity index (χ0v) is 16.7. The summed E-state index contributed by atoms with van der Waals surface area (Å²) in [5, 5.41) is 8.65. The zero-order valence-electron chi connectivity index (χ0n) is 13.5. The highest BCUT2D eigenvalue weighted by Gasteiger charge is 1.99. The standard InChI is InChI=1S/C17H23N3OS.HI/c1-14-5-7-15(8-6-14)21-12-11-20-17(18-2)19-10-9-16-4-3-13-22-16;/h3-8,13H,9-12H2,1-2H3,(H2,18,19,20);1H. The Morgan fingerprint density at radius 2 is 1.87 bits per heavy atom. The fraction of sp³-hybridized carbons (Fsp3) is 0.353. The second-order valence-corrected chi connectivity index (χ2v) is 5.95. The van der Waals surface area contributed by atoms with E-state index in [4.69, 9.17) is 4.74 Å². The number of guanidine groups is 1. The molecule has 23 heavy (non-hydrogen) atoms. The molecule has 0 amide bonds. The summed E-state index contributed by atoms with van der Waals surface area (Å²) in [6.45, 7) is 4.26. The van der Waals surface area contributed by atoms with Crippen LogP contribution in [-0.2, 0) is 6.42 Å². The van der Waals surface area contributed by atoms with Crippen molar-refractivity contribution in [3.8, 4) is 5.75 Å². The number of thiophene rings is 1. The van der Waals surface area contributed by atoms with Crippen LogP contribution in [0, 0.1) is 6.92 Å². The molecule has 0 saturated heterocycles. The summed E-state index contributed by atoms with van der Waals surface area (Å²) in [4.78, 5) is 5.59. The molecule has 0 atom stereocenters. The number of aliphatic imine (C=N–C) groups is 1. The summed E-state index contributed by atoms with van der Waals surface area (Å²) in [6, 6.07) is 12.3. The monoisotopic (exact) mass is 445 g/mol. The number of nitrogens with one attached hydrogen (secondary N) is 2. The van der Waals surface area contributed by atoms with Crippen LogP contribution in [0.25, 0.3) is 0 Å². The molecule has 0 radical (unpaired) electrons. The van der Waals surface area contributed by atoms with E-state index in [2.05, 4.69) is 40.1 Å². The maximum absolute atomic E-state index is 5.68. The number of hydrogen-bond acceptors (Lipinski definition) is 3. The molecule has 2 rings (SSSR count). The van der Waals surface area contributed by atoms with Crippen molar-refractivity contribution in [2.75, 3.05) is 26.7 Å². The van der Waals surface area contributed by atoms with Crippen molar-refractivity contribution >= 4 is 41.3 Å². The van der Waals surface area contributed by atoms with E-state index in [0.717, 1.165) is 24.7 Å². The first-order chi connectivity index (χ1) is 10.8. The van der Waals surface area contributed by atoms with Gasteiger partial charge in [-0.15, -0.1) is 35.3 Å². The Hall–Kier alpha value is -1.28. The van der Waals surface area contributed by atoms with Crippen molar-refractivity contribution < 1.29 is 4.74 Å². The lowest BCUT2D eigenvalue weighted by atomic mass is 10.2. The van der Waals surface area contributed by atoms with Crippen molar-refractivity contribution in [2.45, 2.75) is 13.3 Å². The van der Waals surface area contributed by atoms with Gasteiger partial charge in [0.15, 0.2) is 5.96 Å². The Morgan fingerprint density at radius 1 is 1.13 bits per heavy atom. The number of benzene rings is 1. The Bertz CT molecular complexity index is 570. The molecule has 6 heteroatoms. The molecule has 0 aliphatic heterocycles. The van der Waals surface area contributed by atoms with Crippen LogP contribution >= 0.6 is 35.3 Å². The molecule has 0 spiro atoms. The summed E-state index contributed by atoms with van der Waals surface area (Å²) < 4.78 is 5.68. The average Bonchev–Trinajstić information content (AvgIpc) is 3.04. The maximum Gasteiger partial charge on any atom is 0.191 e. The molecular weight excluding hydrogens is 421 g/mol. The van der Waals surface area contributed by atoms with Gasteiger partial charge in [0, 0.05) is 18.5 Å². The van der Waals surface area contributed by atoms with Crippen LogP contribution in [0.1, 0.15) is 10.4 Å². The Morgan fingerprint density at radius 3 is 2.52 bits per heavy atom. The normalized spacial score (nSPS) is 10.8. The van der Waals surface area contributed by atoms with Crippen molar-refractivity contribution in [1.82, 2.24) is 10.6 Å². The third-order valence-electron chi connectivity index (χ3n) is 3.15. The van der Waals surface area contributed by atoms with Crippen LogP contribution in [0.2, 0.25) is 0 Å². The van der Waals surface area contributed by atoms with Gasteiger partial charge in [-0.05, 0) is 36.9 Å². The molecule has 0 aliphatic carbocycles. The lowest BCUT2D eigenvalue weighted by molar-refractivity contribution is 0.322. The minimum atomic E-state index is 0. The Balaban J connectivity index is 0.00000264. The topological polar surface area (TPSA) is 45.7 Å². The van der Waals surface area contributed by atoms with Crippen LogP contribution in [0.3, 0.4) is 0 Å². The molecule has 2 aromatic rings. The number of aryl methyl sites for hydroxylation is 1. The smallest absolute Gasteiger partial charge is 0.191 e. The maximum atomic E-state index is 5.68. The summed E-state index contributed by atoms with van der Waals surface area (Å²) >= 11 is 1.78.